The molecule has 16 heavy (non-hydrogen) atoms. The first-order valence-corrected chi connectivity index (χ1v) is 4.99. The second-order valence-electron chi connectivity index (χ2n) is 3.63. The zero-order valence-electron chi connectivity index (χ0n) is 9.66. The predicted molar refractivity (Wildman–Crippen MR) is 60.3 cm³/mol. The van der Waals surface area contributed by atoms with Crippen LogP contribution in [0.25, 0.3) is 0 Å². The molecule has 4 nitrogen and oxygen atoms in total. The van der Waals surface area contributed by atoms with Crippen LogP contribution in [0.2, 0.25) is 0 Å². The molecule has 86 valence electrons. The average molecular weight is 221 g/mol. The van der Waals surface area contributed by atoms with Gasteiger partial charge >= 0.3 is 5.97 Å². The highest BCUT2D eigenvalue weighted by atomic mass is 16.5. The van der Waals surface area contributed by atoms with E-state index in [-0.39, 0.29) is 12.5 Å². The lowest BCUT2D eigenvalue weighted by Gasteiger charge is -2.05. The largest absolute Gasteiger partial charge is 0.452 e. The molecule has 1 amide bonds. The number of likely N-dealkylation sites (N-methyl/N-ethyl adjacent to an activating group) is 1. The summed E-state index contributed by atoms with van der Waals surface area (Å²) in [4.78, 5) is 22.5. The molecule has 1 N–H and O–H groups in total. The van der Waals surface area contributed by atoms with Crippen molar-refractivity contribution in [2.75, 3.05) is 13.7 Å². The van der Waals surface area contributed by atoms with E-state index in [1.54, 1.807) is 12.1 Å². The molecule has 0 aromatic heterocycles. The normalized spacial score (nSPS) is 9.69. The first-order valence-electron chi connectivity index (χ1n) is 4.99. The Morgan fingerprint density at radius 1 is 1.19 bits per heavy atom. The fourth-order valence-electron chi connectivity index (χ4n) is 1.38. The molecule has 0 aliphatic carbocycles. The van der Waals surface area contributed by atoms with Crippen LogP contribution in [0.4, 0.5) is 0 Å². The van der Waals surface area contributed by atoms with Gasteiger partial charge in [-0.05, 0) is 26.0 Å². The van der Waals surface area contributed by atoms with Crippen molar-refractivity contribution < 1.29 is 14.3 Å². The molecule has 0 atom stereocenters. The molecule has 0 heterocycles. The Hall–Kier alpha value is -1.84. The summed E-state index contributed by atoms with van der Waals surface area (Å²) < 4.78 is 4.84. The van der Waals surface area contributed by atoms with E-state index >= 15 is 0 Å². The molecule has 1 aromatic rings. The number of hydrogen-bond donors (Lipinski definition) is 1. The third-order valence-corrected chi connectivity index (χ3v) is 2.07. The number of ether oxygens (including phenoxy) is 1. The minimum atomic E-state index is -0.476. The highest BCUT2D eigenvalue weighted by Gasteiger charge is 2.09. The van der Waals surface area contributed by atoms with E-state index < -0.39 is 5.97 Å². The van der Waals surface area contributed by atoms with Gasteiger partial charge in [-0.1, -0.05) is 17.2 Å². The maximum Gasteiger partial charge on any atom is 0.338 e. The summed E-state index contributed by atoms with van der Waals surface area (Å²) in [5.74, 6) is -0.798. The quantitative estimate of drug-likeness (QED) is 0.780. The van der Waals surface area contributed by atoms with Crippen LogP contribution < -0.4 is 5.32 Å². The molecule has 0 spiro atoms. The van der Waals surface area contributed by atoms with Crippen molar-refractivity contribution in [3.8, 4) is 0 Å². The van der Waals surface area contributed by atoms with Crippen molar-refractivity contribution in [1.29, 1.82) is 0 Å². The van der Waals surface area contributed by atoms with E-state index in [4.69, 9.17) is 4.74 Å². The molecule has 0 bridgehead atoms. The van der Waals surface area contributed by atoms with Crippen LogP contribution in [0.15, 0.2) is 18.2 Å². The van der Waals surface area contributed by atoms with Crippen molar-refractivity contribution in [3.05, 3.63) is 34.9 Å². The third-order valence-electron chi connectivity index (χ3n) is 2.07. The fraction of sp³-hybridized carbons (Fsp3) is 0.333. The van der Waals surface area contributed by atoms with E-state index in [1.807, 2.05) is 19.9 Å². The van der Waals surface area contributed by atoms with Crippen molar-refractivity contribution >= 4 is 11.9 Å². The second kappa shape index (κ2) is 5.30. The SMILES string of the molecule is CNC(=O)COC(=O)c1cc(C)cc(C)c1. The molecular formula is C12H15NO3. The van der Waals surface area contributed by atoms with Gasteiger partial charge in [-0.3, -0.25) is 4.79 Å². The molecule has 0 saturated carbocycles. The predicted octanol–water partition coefficient (Wildman–Crippen LogP) is 1.21. The smallest absolute Gasteiger partial charge is 0.338 e. The van der Waals surface area contributed by atoms with Crippen LogP contribution in [-0.2, 0) is 9.53 Å². The highest BCUT2D eigenvalue weighted by Crippen LogP contribution is 2.09. The fourth-order valence-corrected chi connectivity index (χ4v) is 1.38. The van der Waals surface area contributed by atoms with Crippen molar-refractivity contribution in [1.82, 2.24) is 5.32 Å². The van der Waals surface area contributed by atoms with E-state index in [2.05, 4.69) is 5.32 Å². The van der Waals surface area contributed by atoms with Crippen LogP contribution in [0.5, 0.6) is 0 Å². The molecule has 0 saturated heterocycles. The summed E-state index contributed by atoms with van der Waals surface area (Å²) in [5, 5.41) is 2.38. The number of benzene rings is 1. The lowest BCUT2D eigenvalue weighted by Crippen LogP contribution is -2.25. The van der Waals surface area contributed by atoms with Crippen molar-refractivity contribution in [2.45, 2.75) is 13.8 Å². The maximum atomic E-state index is 11.6. The van der Waals surface area contributed by atoms with Crippen LogP contribution in [0.1, 0.15) is 21.5 Å². The van der Waals surface area contributed by atoms with Crippen molar-refractivity contribution in [3.63, 3.8) is 0 Å². The summed E-state index contributed by atoms with van der Waals surface area (Å²) >= 11 is 0. The number of rotatable bonds is 3. The van der Waals surface area contributed by atoms with Crippen LogP contribution in [-0.4, -0.2) is 25.5 Å². The zero-order chi connectivity index (χ0) is 12.1. The van der Waals surface area contributed by atoms with Gasteiger partial charge in [0.1, 0.15) is 0 Å². The van der Waals surface area contributed by atoms with Crippen LogP contribution >= 0.6 is 0 Å². The first-order chi connectivity index (χ1) is 7.52. The second-order valence-corrected chi connectivity index (χ2v) is 3.63. The topological polar surface area (TPSA) is 55.4 Å². The van der Waals surface area contributed by atoms with Crippen LogP contribution in [0.3, 0.4) is 0 Å². The van der Waals surface area contributed by atoms with Gasteiger partial charge < -0.3 is 10.1 Å². The minimum absolute atomic E-state index is 0.248. The number of carbonyl (C=O) groups is 2. The Bertz CT molecular complexity index is 392. The number of aryl methyl sites for hydroxylation is 2. The summed E-state index contributed by atoms with van der Waals surface area (Å²) in [6, 6.07) is 5.44. The molecule has 1 aromatic carbocycles. The summed E-state index contributed by atoms with van der Waals surface area (Å²) in [6.45, 7) is 3.56. The molecule has 0 aliphatic rings. The Morgan fingerprint density at radius 2 is 1.75 bits per heavy atom. The molecule has 0 aliphatic heterocycles. The average Bonchev–Trinajstić information content (AvgIpc) is 2.23. The van der Waals surface area contributed by atoms with Gasteiger partial charge in [0.05, 0.1) is 5.56 Å². The number of carbonyl (C=O) groups excluding carboxylic acids is 2. The Balaban J connectivity index is 2.69. The molecule has 0 fully saturated rings. The molecule has 0 unspecified atom stereocenters. The van der Waals surface area contributed by atoms with Gasteiger partial charge in [0.2, 0.25) is 0 Å². The maximum absolute atomic E-state index is 11.6. The van der Waals surface area contributed by atoms with Crippen LogP contribution in [0, 0.1) is 13.8 Å². The number of amides is 1. The molecule has 0 radical (unpaired) electrons. The van der Waals surface area contributed by atoms with E-state index in [0.29, 0.717) is 5.56 Å². The third kappa shape index (κ3) is 3.38. The Labute approximate surface area is 94.6 Å². The Morgan fingerprint density at radius 3 is 2.25 bits per heavy atom. The van der Waals surface area contributed by atoms with Gasteiger partial charge in [0.15, 0.2) is 6.61 Å². The lowest BCUT2D eigenvalue weighted by atomic mass is 10.1. The number of hydrogen-bond acceptors (Lipinski definition) is 3. The van der Waals surface area contributed by atoms with E-state index in [0.717, 1.165) is 11.1 Å². The van der Waals surface area contributed by atoms with Gasteiger partial charge in [-0.2, -0.15) is 0 Å². The Kier molecular flexibility index (Phi) is 4.05. The molecule has 4 heteroatoms. The van der Waals surface area contributed by atoms with Gasteiger partial charge in [-0.25, -0.2) is 4.79 Å². The summed E-state index contributed by atoms with van der Waals surface area (Å²) in [7, 11) is 1.49. The van der Waals surface area contributed by atoms with Gasteiger partial charge in [-0.15, -0.1) is 0 Å². The standard InChI is InChI=1S/C12H15NO3/c1-8-4-9(2)6-10(5-8)12(15)16-7-11(14)13-3/h4-6H,7H2,1-3H3,(H,13,14). The zero-order valence-corrected chi connectivity index (χ0v) is 9.66. The summed E-state index contributed by atoms with van der Waals surface area (Å²) in [5.41, 5.74) is 2.46. The summed E-state index contributed by atoms with van der Waals surface area (Å²) in [6.07, 6.45) is 0. The van der Waals surface area contributed by atoms with Gasteiger partial charge in [0, 0.05) is 7.05 Å². The van der Waals surface area contributed by atoms with Crippen molar-refractivity contribution in [2.24, 2.45) is 0 Å². The molecule has 1 rings (SSSR count). The first kappa shape index (κ1) is 12.2. The van der Waals surface area contributed by atoms with Gasteiger partial charge in [0.25, 0.3) is 5.91 Å². The lowest BCUT2D eigenvalue weighted by molar-refractivity contribution is -0.123. The minimum Gasteiger partial charge on any atom is -0.452 e. The van der Waals surface area contributed by atoms with E-state index in [9.17, 15) is 9.59 Å². The van der Waals surface area contributed by atoms with E-state index in [1.165, 1.54) is 7.05 Å². The number of esters is 1. The highest BCUT2D eigenvalue weighted by molar-refractivity contribution is 5.91. The number of nitrogens with one attached hydrogen (secondary N) is 1. The monoisotopic (exact) mass is 221 g/mol. The molecular weight excluding hydrogens is 206 g/mol.